The highest BCUT2D eigenvalue weighted by atomic mass is 32.2. The minimum Gasteiger partial charge on any atom is -0.504 e. The number of hydrogen-bond acceptors (Lipinski definition) is 5. The third-order valence-electron chi connectivity index (χ3n) is 2.39. The lowest BCUT2D eigenvalue weighted by molar-refractivity contribution is -0.141. The lowest BCUT2D eigenvalue weighted by Gasteiger charge is -2.14. The first-order chi connectivity index (χ1) is 8.93. The van der Waals surface area contributed by atoms with Crippen LogP contribution in [0.4, 0.5) is 0 Å². The molecule has 0 aromatic heterocycles. The van der Waals surface area contributed by atoms with Gasteiger partial charge in [-0.15, -0.1) is 0 Å². The molecule has 0 aliphatic carbocycles. The number of amides is 1. The van der Waals surface area contributed by atoms with E-state index in [1.807, 2.05) is 0 Å². The maximum absolute atomic E-state index is 11.4. The Kier molecular flexibility index (Phi) is 5.50. The first-order valence-corrected chi connectivity index (χ1v) is 6.85. The molecule has 1 amide bonds. The molecular weight excluding hydrogens is 270 g/mol. The smallest absolute Gasteiger partial charge is 0.326 e. The van der Waals surface area contributed by atoms with Gasteiger partial charge in [-0.1, -0.05) is 6.07 Å². The van der Waals surface area contributed by atoms with Crippen LogP contribution in [-0.2, 0) is 16.0 Å². The molecule has 7 heteroatoms. The highest BCUT2D eigenvalue weighted by Gasteiger charge is 2.20. The molecule has 1 aromatic rings. The van der Waals surface area contributed by atoms with E-state index in [0.717, 1.165) is 0 Å². The van der Waals surface area contributed by atoms with Crippen LogP contribution in [0.3, 0.4) is 0 Å². The van der Waals surface area contributed by atoms with Crippen molar-refractivity contribution in [2.24, 2.45) is 0 Å². The van der Waals surface area contributed by atoms with E-state index in [9.17, 15) is 14.7 Å². The largest absolute Gasteiger partial charge is 0.504 e. The van der Waals surface area contributed by atoms with E-state index in [2.05, 4.69) is 5.32 Å². The van der Waals surface area contributed by atoms with Crippen molar-refractivity contribution in [1.82, 2.24) is 5.32 Å². The Morgan fingerprint density at radius 3 is 2.53 bits per heavy atom. The minimum absolute atomic E-state index is 0.0310. The monoisotopic (exact) mass is 285 g/mol. The molecule has 0 aliphatic rings. The summed E-state index contributed by atoms with van der Waals surface area (Å²) in [6.07, 6.45) is 1.77. The van der Waals surface area contributed by atoms with Crippen LogP contribution in [0.2, 0.25) is 0 Å². The first-order valence-electron chi connectivity index (χ1n) is 5.46. The first kappa shape index (κ1) is 15.2. The maximum atomic E-state index is 11.4. The van der Waals surface area contributed by atoms with E-state index in [4.69, 9.17) is 10.2 Å². The zero-order valence-electron chi connectivity index (χ0n) is 10.3. The zero-order valence-corrected chi connectivity index (χ0v) is 11.1. The number of phenolic OH excluding ortho intramolecular Hbond substituents is 2. The van der Waals surface area contributed by atoms with Crippen LogP contribution < -0.4 is 5.32 Å². The minimum atomic E-state index is -1.15. The molecule has 0 saturated carbocycles. The van der Waals surface area contributed by atoms with Gasteiger partial charge in [-0.25, -0.2) is 4.79 Å². The maximum Gasteiger partial charge on any atom is 0.326 e. The summed E-state index contributed by atoms with van der Waals surface area (Å²) in [5.41, 5.74) is 0.507. The van der Waals surface area contributed by atoms with Crippen molar-refractivity contribution in [3.05, 3.63) is 23.8 Å². The molecule has 1 rings (SSSR count). The summed E-state index contributed by atoms with van der Waals surface area (Å²) < 4.78 is 0. The van der Waals surface area contributed by atoms with Gasteiger partial charge in [0.2, 0.25) is 5.91 Å². The van der Waals surface area contributed by atoms with Gasteiger partial charge in [0.15, 0.2) is 11.5 Å². The van der Waals surface area contributed by atoms with Gasteiger partial charge in [-0.05, 0) is 24.0 Å². The van der Waals surface area contributed by atoms with E-state index in [1.165, 1.54) is 30.0 Å². The number of carbonyl (C=O) groups excluding carboxylic acids is 1. The quantitative estimate of drug-likeness (QED) is 0.569. The molecule has 0 radical (unpaired) electrons. The van der Waals surface area contributed by atoms with Gasteiger partial charge < -0.3 is 20.6 Å². The average Bonchev–Trinajstić information content (AvgIpc) is 2.33. The molecule has 4 N–H and O–H groups in total. The summed E-state index contributed by atoms with van der Waals surface area (Å²) in [6, 6.07) is 2.97. The molecule has 19 heavy (non-hydrogen) atoms. The highest BCUT2D eigenvalue weighted by Crippen LogP contribution is 2.25. The predicted octanol–water partition coefficient (Wildman–Crippen LogP) is 0.573. The number of carboxylic acid groups (broad SMARTS) is 1. The second kappa shape index (κ2) is 6.89. The molecule has 104 valence electrons. The SMILES string of the molecule is CSCC(=O)N[C@@H](Cc1ccc(O)c(O)c1)C(=O)O. The van der Waals surface area contributed by atoms with Crippen molar-refractivity contribution in [3.8, 4) is 11.5 Å². The second-order valence-electron chi connectivity index (χ2n) is 3.92. The molecule has 0 unspecified atom stereocenters. The van der Waals surface area contributed by atoms with Crippen molar-refractivity contribution >= 4 is 23.6 Å². The van der Waals surface area contributed by atoms with Crippen LogP contribution in [0.15, 0.2) is 18.2 Å². The molecular formula is C12H15NO5S. The Labute approximate surface area is 114 Å². The molecule has 0 aliphatic heterocycles. The topological polar surface area (TPSA) is 107 Å². The Hall–Kier alpha value is -1.89. The van der Waals surface area contributed by atoms with Crippen molar-refractivity contribution in [2.75, 3.05) is 12.0 Å². The van der Waals surface area contributed by atoms with Gasteiger partial charge in [0.25, 0.3) is 0 Å². The molecule has 0 fully saturated rings. The average molecular weight is 285 g/mol. The predicted molar refractivity (Wildman–Crippen MR) is 71.4 cm³/mol. The molecule has 1 atom stereocenters. The van der Waals surface area contributed by atoms with Gasteiger partial charge in [-0.2, -0.15) is 11.8 Å². The Morgan fingerprint density at radius 2 is 2.00 bits per heavy atom. The number of aromatic hydroxyl groups is 2. The fourth-order valence-electron chi connectivity index (χ4n) is 1.50. The van der Waals surface area contributed by atoms with Gasteiger partial charge in [0, 0.05) is 6.42 Å². The lowest BCUT2D eigenvalue weighted by atomic mass is 10.1. The third-order valence-corrected chi connectivity index (χ3v) is 2.94. The summed E-state index contributed by atoms with van der Waals surface area (Å²) in [6.45, 7) is 0. The molecule has 0 spiro atoms. The second-order valence-corrected chi connectivity index (χ2v) is 4.78. The number of benzene rings is 1. The van der Waals surface area contributed by atoms with E-state index >= 15 is 0 Å². The number of aliphatic carboxylic acids is 1. The van der Waals surface area contributed by atoms with Gasteiger partial charge in [0.1, 0.15) is 6.04 Å². The van der Waals surface area contributed by atoms with Crippen LogP contribution >= 0.6 is 11.8 Å². The summed E-state index contributed by atoms with van der Waals surface area (Å²) in [5.74, 6) is -1.92. The third kappa shape index (κ3) is 4.70. The Balaban J connectivity index is 2.75. The number of thioether (sulfide) groups is 1. The molecule has 6 nitrogen and oxygen atoms in total. The van der Waals surface area contributed by atoms with Crippen LogP contribution in [0, 0.1) is 0 Å². The van der Waals surface area contributed by atoms with E-state index in [0.29, 0.717) is 5.56 Å². The summed E-state index contributed by atoms with van der Waals surface area (Å²) in [4.78, 5) is 22.4. The fourth-order valence-corrected chi connectivity index (χ4v) is 1.84. The fraction of sp³-hybridized carbons (Fsp3) is 0.333. The Bertz CT molecular complexity index is 477. The van der Waals surface area contributed by atoms with Gasteiger partial charge >= 0.3 is 5.97 Å². The number of hydrogen-bond donors (Lipinski definition) is 4. The summed E-state index contributed by atoms with van der Waals surface area (Å²) in [7, 11) is 0. The van der Waals surface area contributed by atoms with Gasteiger partial charge in [-0.3, -0.25) is 4.79 Å². The lowest BCUT2D eigenvalue weighted by Crippen LogP contribution is -2.43. The van der Waals surface area contributed by atoms with Crippen molar-refractivity contribution in [2.45, 2.75) is 12.5 Å². The number of nitrogens with one attached hydrogen (secondary N) is 1. The van der Waals surface area contributed by atoms with Crippen LogP contribution in [0.1, 0.15) is 5.56 Å². The number of phenols is 2. The summed E-state index contributed by atoms with van der Waals surface area (Å²) in [5, 5.41) is 29.9. The van der Waals surface area contributed by atoms with E-state index in [1.54, 1.807) is 6.26 Å². The standard InChI is InChI=1S/C12H15NO5S/c1-19-6-11(16)13-8(12(17)18)4-7-2-3-9(14)10(15)5-7/h2-3,5,8,14-15H,4,6H2,1H3,(H,13,16)(H,17,18)/t8-/m0/s1. The van der Waals surface area contributed by atoms with E-state index in [-0.39, 0.29) is 29.6 Å². The summed E-state index contributed by atoms with van der Waals surface area (Å²) >= 11 is 1.30. The highest BCUT2D eigenvalue weighted by molar-refractivity contribution is 7.99. The Morgan fingerprint density at radius 1 is 1.32 bits per heavy atom. The number of carboxylic acids is 1. The number of carbonyl (C=O) groups is 2. The molecule has 0 heterocycles. The van der Waals surface area contributed by atoms with E-state index < -0.39 is 12.0 Å². The van der Waals surface area contributed by atoms with Crippen LogP contribution in [0.5, 0.6) is 11.5 Å². The van der Waals surface area contributed by atoms with Crippen molar-refractivity contribution < 1.29 is 24.9 Å². The van der Waals surface area contributed by atoms with Crippen LogP contribution in [0.25, 0.3) is 0 Å². The normalized spacial score (nSPS) is 11.8. The van der Waals surface area contributed by atoms with Crippen molar-refractivity contribution in [3.63, 3.8) is 0 Å². The van der Waals surface area contributed by atoms with Gasteiger partial charge in [0.05, 0.1) is 5.75 Å². The van der Waals surface area contributed by atoms with Crippen LogP contribution in [-0.4, -0.2) is 45.2 Å². The van der Waals surface area contributed by atoms with Crippen molar-refractivity contribution in [1.29, 1.82) is 0 Å². The molecule has 1 aromatic carbocycles. The molecule has 0 bridgehead atoms. The molecule has 0 saturated heterocycles. The zero-order chi connectivity index (χ0) is 14.4. The number of rotatable bonds is 6.